The molecule has 0 N–H and O–H groups in total. The summed E-state index contributed by atoms with van der Waals surface area (Å²) in [5.41, 5.74) is 5.38. The van der Waals surface area contributed by atoms with Gasteiger partial charge in [-0.25, -0.2) is 0 Å². The molecule has 0 aromatic heterocycles. The fourth-order valence-electron chi connectivity index (χ4n) is 1.96. The monoisotopic (exact) mass is 248 g/mol. The topological polar surface area (TPSA) is 0 Å². The van der Waals surface area contributed by atoms with Gasteiger partial charge in [-0.15, -0.1) is 0 Å². The van der Waals surface area contributed by atoms with E-state index >= 15 is 0 Å². The van der Waals surface area contributed by atoms with E-state index in [0.29, 0.717) is 0 Å². The van der Waals surface area contributed by atoms with E-state index < -0.39 is 0 Å². The van der Waals surface area contributed by atoms with Crippen LogP contribution >= 0.6 is 0 Å². The molecule has 0 nitrogen and oxygen atoms in total. The lowest BCUT2D eigenvalue weighted by molar-refractivity contribution is 0.590. The summed E-state index contributed by atoms with van der Waals surface area (Å²) >= 11 is 0. The highest BCUT2D eigenvalue weighted by atomic mass is 14.2. The Morgan fingerprint density at radius 3 is 1.58 bits per heavy atom. The summed E-state index contributed by atoms with van der Waals surface area (Å²) in [7, 11) is 2.11. The van der Waals surface area contributed by atoms with Crippen LogP contribution in [0, 0.1) is 0 Å². The fraction of sp³-hybridized carbons (Fsp3) is 0.222. The van der Waals surface area contributed by atoms with Crippen LogP contribution < -0.4 is 5.46 Å². The minimum absolute atomic E-state index is 0.221. The number of hydrogen-bond acceptors (Lipinski definition) is 0. The standard InChI is InChI=1S/C18H21B/c1-18(2,3)16-10-6-14(7-11-16)4-5-15-8-12-17(19)13-9-15/h4-13H,19H2,1-3H3/b5-4+. The highest BCUT2D eigenvalue weighted by molar-refractivity contribution is 6.32. The predicted molar refractivity (Wildman–Crippen MR) is 88.7 cm³/mol. The molecule has 0 saturated carbocycles. The predicted octanol–water partition coefficient (Wildman–Crippen LogP) is 3.41. The summed E-state index contributed by atoms with van der Waals surface area (Å²) in [6.45, 7) is 6.72. The molecule has 0 atom stereocenters. The average molecular weight is 248 g/mol. The quantitative estimate of drug-likeness (QED) is 0.564. The molecular formula is C18H21B. The van der Waals surface area contributed by atoms with Crippen LogP contribution in [0.5, 0.6) is 0 Å². The average Bonchev–Trinajstić information content (AvgIpc) is 2.37. The first-order chi connectivity index (χ1) is 8.95. The molecule has 2 aromatic carbocycles. The van der Waals surface area contributed by atoms with Crippen molar-refractivity contribution >= 4 is 25.5 Å². The first kappa shape index (κ1) is 13.7. The van der Waals surface area contributed by atoms with Crippen LogP contribution in [0.4, 0.5) is 0 Å². The zero-order valence-electron chi connectivity index (χ0n) is 12.3. The zero-order valence-corrected chi connectivity index (χ0v) is 12.3. The Morgan fingerprint density at radius 2 is 1.16 bits per heavy atom. The number of benzene rings is 2. The molecule has 0 fully saturated rings. The molecule has 0 radical (unpaired) electrons. The van der Waals surface area contributed by atoms with Crippen LogP contribution in [-0.4, -0.2) is 7.85 Å². The molecule has 19 heavy (non-hydrogen) atoms. The van der Waals surface area contributed by atoms with Crippen molar-refractivity contribution in [3.8, 4) is 0 Å². The summed E-state index contributed by atoms with van der Waals surface area (Å²) in [5.74, 6) is 0. The molecule has 0 amide bonds. The molecule has 0 aliphatic heterocycles. The Hall–Kier alpha value is -1.76. The van der Waals surface area contributed by atoms with E-state index in [1.54, 1.807) is 0 Å². The summed E-state index contributed by atoms with van der Waals surface area (Å²) in [5, 5.41) is 0. The normalized spacial score (nSPS) is 11.9. The van der Waals surface area contributed by atoms with Crippen molar-refractivity contribution in [3.05, 3.63) is 65.2 Å². The summed E-state index contributed by atoms with van der Waals surface area (Å²) in [4.78, 5) is 0. The van der Waals surface area contributed by atoms with Crippen molar-refractivity contribution in [1.29, 1.82) is 0 Å². The van der Waals surface area contributed by atoms with E-state index in [2.05, 4.69) is 89.3 Å². The van der Waals surface area contributed by atoms with Gasteiger partial charge in [0.2, 0.25) is 0 Å². The van der Waals surface area contributed by atoms with Crippen molar-refractivity contribution in [2.75, 3.05) is 0 Å². The molecule has 2 rings (SSSR count). The van der Waals surface area contributed by atoms with E-state index in [9.17, 15) is 0 Å². The maximum atomic E-state index is 2.24. The molecular weight excluding hydrogens is 227 g/mol. The van der Waals surface area contributed by atoms with E-state index in [-0.39, 0.29) is 5.41 Å². The van der Waals surface area contributed by atoms with Crippen LogP contribution in [0.3, 0.4) is 0 Å². The zero-order chi connectivity index (χ0) is 13.9. The van der Waals surface area contributed by atoms with Gasteiger partial charge in [0.25, 0.3) is 0 Å². The van der Waals surface area contributed by atoms with Gasteiger partial charge in [0.1, 0.15) is 7.85 Å². The summed E-state index contributed by atoms with van der Waals surface area (Å²) < 4.78 is 0. The molecule has 0 spiro atoms. The Labute approximate surface area is 117 Å². The van der Waals surface area contributed by atoms with Crippen LogP contribution in [0.1, 0.15) is 37.5 Å². The Bertz CT molecular complexity index is 554. The third kappa shape index (κ3) is 3.85. The smallest absolute Gasteiger partial charge is 0.0889 e. The molecule has 0 saturated heterocycles. The van der Waals surface area contributed by atoms with E-state index in [4.69, 9.17) is 0 Å². The molecule has 1 heteroatoms. The summed E-state index contributed by atoms with van der Waals surface area (Å²) in [6.07, 6.45) is 4.32. The molecule has 0 unspecified atom stereocenters. The van der Waals surface area contributed by atoms with Crippen molar-refractivity contribution in [2.45, 2.75) is 26.2 Å². The fourth-order valence-corrected chi connectivity index (χ4v) is 1.96. The highest BCUT2D eigenvalue weighted by Crippen LogP contribution is 2.22. The van der Waals surface area contributed by atoms with Gasteiger partial charge in [-0.1, -0.05) is 86.9 Å². The van der Waals surface area contributed by atoms with E-state index in [1.807, 2.05) is 0 Å². The minimum atomic E-state index is 0.221. The van der Waals surface area contributed by atoms with Gasteiger partial charge in [-0.05, 0) is 22.1 Å². The minimum Gasteiger partial charge on any atom is -0.0889 e. The van der Waals surface area contributed by atoms with E-state index in [0.717, 1.165) is 0 Å². The lowest BCUT2D eigenvalue weighted by Gasteiger charge is -2.18. The second kappa shape index (κ2) is 5.48. The van der Waals surface area contributed by atoms with Gasteiger partial charge in [-0.3, -0.25) is 0 Å². The Balaban J connectivity index is 2.13. The third-order valence-electron chi connectivity index (χ3n) is 3.32. The van der Waals surface area contributed by atoms with Gasteiger partial charge in [-0.2, -0.15) is 0 Å². The van der Waals surface area contributed by atoms with Gasteiger partial charge in [0.15, 0.2) is 0 Å². The lowest BCUT2D eigenvalue weighted by atomic mass is 9.87. The van der Waals surface area contributed by atoms with Gasteiger partial charge in [0.05, 0.1) is 0 Å². The molecule has 0 heterocycles. The number of rotatable bonds is 2. The van der Waals surface area contributed by atoms with Crippen LogP contribution in [0.15, 0.2) is 48.5 Å². The number of hydrogen-bond donors (Lipinski definition) is 0. The SMILES string of the molecule is Bc1ccc(/C=C/c2ccc(C(C)(C)C)cc2)cc1. The molecule has 2 aromatic rings. The Kier molecular flexibility index (Phi) is 3.94. The maximum Gasteiger partial charge on any atom is 0.139 e. The molecule has 0 aliphatic carbocycles. The van der Waals surface area contributed by atoms with Crippen molar-refractivity contribution in [3.63, 3.8) is 0 Å². The first-order valence-electron chi connectivity index (χ1n) is 6.80. The molecule has 96 valence electrons. The van der Waals surface area contributed by atoms with Crippen molar-refractivity contribution in [1.82, 2.24) is 0 Å². The summed E-state index contributed by atoms with van der Waals surface area (Å²) in [6, 6.07) is 17.4. The second-order valence-corrected chi connectivity index (χ2v) is 6.12. The van der Waals surface area contributed by atoms with Crippen LogP contribution in [0.2, 0.25) is 0 Å². The highest BCUT2D eigenvalue weighted by Gasteiger charge is 2.12. The maximum absolute atomic E-state index is 2.24. The van der Waals surface area contributed by atoms with Gasteiger partial charge < -0.3 is 0 Å². The molecule has 0 bridgehead atoms. The van der Waals surface area contributed by atoms with E-state index in [1.165, 1.54) is 22.2 Å². The van der Waals surface area contributed by atoms with Crippen molar-refractivity contribution < 1.29 is 0 Å². The first-order valence-corrected chi connectivity index (χ1v) is 6.80. The van der Waals surface area contributed by atoms with Gasteiger partial charge in [0, 0.05) is 0 Å². The van der Waals surface area contributed by atoms with Crippen LogP contribution in [-0.2, 0) is 5.41 Å². The second-order valence-electron chi connectivity index (χ2n) is 6.12. The lowest BCUT2D eigenvalue weighted by Crippen LogP contribution is -2.10. The molecule has 0 aliphatic rings. The van der Waals surface area contributed by atoms with Crippen LogP contribution in [0.25, 0.3) is 12.2 Å². The Morgan fingerprint density at radius 1 is 0.737 bits per heavy atom. The third-order valence-corrected chi connectivity index (χ3v) is 3.32. The van der Waals surface area contributed by atoms with Crippen molar-refractivity contribution in [2.24, 2.45) is 0 Å². The largest absolute Gasteiger partial charge is 0.139 e. The van der Waals surface area contributed by atoms with Gasteiger partial charge >= 0.3 is 0 Å².